The molecule has 3 atom stereocenters. The molecule has 13 heteroatoms. The number of ether oxygens (including phenoxy) is 3. The minimum absolute atomic E-state index is 0.000382. The van der Waals surface area contributed by atoms with Gasteiger partial charge < -0.3 is 24.6 Å². The second kappa shape index (κ2) is 12.9. The summed E-state index contributed by atoms with van der Waals surface area (Å²) in [5.74, 6) is -2.46. The van der Waals surface area contributed by atoms with Crippen molar-refractivity contribution in [3.8, 4) is 17.2 Å². The van der Waals surface area contributed by atoms with Gasteiger partial charge in [-0.25, -0.2) is 0 Å². The molecule has 0 bridgehead atoms. The zero-order chi connectivity index (χ0) is 33.5. The van der Waals surface area contributed by atoms with Crippen LogP contribution in [0, 0.1) is 5.92 Å². The molecule has 47 heavy (non-hydrogen) atoms. The van der Waals surface area contributed by atoms with E-state index in [2.05, 4.69) is 15.5 Å². The van der Waals surface area contributed by atoms with Crippen molar-refractivity contribution in [3.63, 3.8) is 0 Å². The summed E-state index contributed by atoms with van der Waals surface area (Å²) in [6.07, 6.45) is 3.93. The van der Waals surface area contributed by atoms with Gasteiger partial charge in [0.15, 0.2) is 22.9 Å². The third-order valence-corrected chi connectivity index (χ3v) is 9.92. The molecule has 11 nitrogen and oxygen atoms in total. The van der Waals surface area contributed by atoms with Crippen LogP contribution in [0.3, 0.4) is 0 Å². The molecule has 3 unspecified atom stereocenters. The number of hydrogen-bond donors (Lipinski definition) is 2. The summed E-state index contributed by atoms with van der Waals surface area (Å²) in [5.41, 5.74) is -0.641. The summed E-state index contributed by atoms with van der Waals surface area (Å²) in [4.78, 5) is 42.6. The Morgan fingerprint density at radius 2 is 1.91 bits per heavy atom. The number of amides is 1. The highest BCUT2D eigenvalue weighted by Crippen LogP contribution is 2.55. The molecule has 3 heterocycles. The predicted octanol–water partition coefficient (Wildman–Crippen LogP) is 5.39. The quantitative estimate of drug-likeness (QED) is 0.210. The lowest BCUT2D eigenvalue weighted by molar-refractivity contribution is -0.121. The highest BCUT2D eigenvalue weighted by molar-refractivity contribution is 7.98. The van der Waals surface area contributed by atoms with Crippen LogP contribution >= 0.6 is 23.4 Å². The van der Waals surface area contributed by atoms with Gasteiger partial charge in [-0.05, 0) is 36.1 Å². The Bertz CT molecular complexity index is 1930. The van der Waals surface area contributed by atoms with Crippen LogP contribution in [-0.2, 0) is 16.0 Å². The molecule has 244 valence electrons. The van der Waals surface area contributed by atoms with Gasteiger partial charge in [-0.15, -0.1) is 22.0 Å². The lowest BCUT2D eigenvalue weighted by Crippen LogP contribution is -2.53. The molecule has 2 N–H and O–H groups in total. The van der Waals surface area contributed by atoms with Crippen LogP contribution < -0.4 is 19.5 Å². The van der Waals surface area contributed by atoms with E-state index in [-0.39, 0.29) is 64.5 Å². The summed E-state index contributed by atoms with van der Waals surface area (Å²) >= 11 is 8.14. The van der Waals surface area contributed by atoms with Crippen LogP contribution in [-0.4, -0.2) is 69.8 Å². The summed E-state index contributed by atoms with van der Waals surface area (Å²) < 4.78 is 19.0. The van der Waals surface area contributed by atoms with Crippen LogP contribution in [0.5, 0.6) is 17.2 Å². The molecule has 1 aliphatic carbocycles. The number of carbonyl (C=O) groups excluding carboxylic acids is 3. The summed E-state index contributed by atoms with van der Waals surface area (Å²) in [5, 5.41) is 23.4. The van der Waals surface area contributed by atoms with Crippen LogP contribution in [0.2, 0.25) is 5.02 Å². The number of halogens is 1. The number of ketones is 2. The van der Waals surface area contributed by atoms with Gasteiger partial charge in [0.25, 0.3) is 0 Å². The van der Waals surface area contributed by atoms with E-state index in [1.54, 1.807) is 18.7 Å². The van der Waals surface area contributed by atoms with Gasteiger partial charge in [-0.3, -0.25) is 18.8 Å². The largest absolute Gasteiger partial charge is 0.507 e. The van der Waals surface area contributed by atoms with E-state index in [1.807, 2.05) is 59.3 Å². The molecule has 1 aliphatic heterocycles. The third kappa shape index (κ3) is 5.48. The first-order chi connectivity index (χ1) is 22.6. The van der Waals surface area contributed by atoms with Crippen molar-refractivity contribution in [1.29, 1.82) is 0 Å². The van der Waals surface area contributed by atoms with Crippen molar-refractivity contribution in [2.45, 2.75) is 42.6 Å². The Hall–Kier alpha value is -4.55. The molecule has 0 saturated carbocycles. The number of thioether (sulfide) groups is 1. The van der Waals surface area contributed by atoms with Crippen molar-refractivity contribution in [2.24, 2.45) is 5.92 Å². The molecule has 0 radical (unpaired) electrons. The van der Waals surface area contributed by atoms with Crippen LogP contribution in [0.1, 0.15) is 47.4 Å². The lowest BCUT2D eigenvalue weighted by Gasteiger charge is -2.38. The Morgan fingerprint density at radius 1 is 1.17 bits per heavy atom. The number of nitrogens with one attached hydrogen (secondary N) is 1. The number of benzene rings is 2. The van der Waals surface area contributed by atoms with Crippen molar-refractivity contribution < 1.29 is 33.7 Å². The van der Waals surface area contributed by atoms with Crippen LogP contribution in [0.15, 0.2) is 71.0 Å². The van der Waals surface area contributed by atoms with E-state index in [9.17, 15) is 19.5 Å². The molecular weight excluding hydrogens is 644 g/mol. The number of Topliss-reactive ketones (excluding diaryl/α,β-unsaturated/α-hetero) is 2. The predicted molar refractivity (Wildman–Crippen MR) is 176 cm³/mol. The van der Waals surface area contributed by atoms with Gasteiger partial charge in [0.05, 0.1) is 14.2 Å². The fraction of sp³-hybridized carbons (Fsp3) is 0.324. The van der Waals surface area contributed by atoms with Gasteiger partial charge in [-0.1, -0.05) is 36.7 Å². The highest BCUT2D eigenvalue weighted by Gasteiger charge is 2.61. The number of pyridine rings is 1. The zero-order valence-corrected chi connectivity index (χ0v) is 27.8. The molecule has 0 fully saturated rings. The lowest BCUT2D eigenvalue weighted by atomic mass is 9.69. The van der Waals surface area contributed by atoms with Gasteiger partial charge in [0, 0.05) is 60.4 Å². The average Bonchev–Trinajstić information content (AvgIpc) is 3.63. The monoisotopic (exact) mass is 676 g/mol. The number of nitrogens with zero attached hydrogens (tertiary/aromatic N) is 3. The van der Waals surface area contributed by atoms with Crippen LogP contribution in [0.25, 0.3) is 5.65 Å². The Morgan fingerprint density at radius 3 is 2.62 bits per heavy atom. The van der Waals surface area contributed by atoms with Crippen molar-refractivity contribution in [3.05, 3.63) is 88.0 Å². The topological polar surface area (TPSA) is 141 Å². The van der Waals surface area contributed by atoms with Crippen molar-refractivity contribution >= 4 is 46.5 Å². The Kier molecular flexibility index (Phi) is 8.91. The van der Waals surface area contributed by atoms with E-state index in [0.717, 1.165) is 4.90 Å². The molecule has 6 rings (SSSR count). The maximum absolute atomic E-state index is 14.3. The van der Waals surface area contributed by atoms with E-state index >= 15 is 0 Å². The minimum Gasteiger partial charge on any atom is -0.507 e. The molecule has 0 saturated heterocycles. The maximum Gasteiger partial charge on any atom is 0.231 e. The maximum atomic E-state index is 14.3. The number of allylic oxidation sites excluding steroid dienone is 1. The minimum atomic E-state index is -1.96. The fourth-order valence-corrected chi connectivity index (χ4v) is 7.07. The number of carbonyl (C=O) groups is 3. The van der Waals surface area contributed by atoms with Gasteiger partial charge in [-0.2, -0.15) is 0 Å². The number of methoxy groups -OCH3 is 2. The molecule has 2 aromatic carbocycles. The zero-order valence-electron chi connectivity index (χ0n) is 26.2. The average molecular weight is 677 g/mol. The SMILES string of the molecule is COc1cc(OC)c2c(c1Cl)OC1(C2=O)C(O)=C(C(CC(=O)NCCc2nnc3ccccn23)c2ccc(SC)cc2)C(=O)CC1C. The van der Waals surface area contributed by atoms with Gasteiger partial charge >= 0.3 is 0 Å². The smallest absolute Gasteiger partial charge is 0.231 e. The second-order valence-corrected chi connectivity index (χ2v) is 12.7. The first-order valence-corrected chi connectivity index (χ1v) is 16.6. The summed E-state index contributed by atoms with van der Waals surface area (Å²) in [6.45, 7) is 1.93. The van der Waals surface area contributed by atoms with E-state index in [4.69, 9.17) is 25.8 Å². The first-order valence-electron chi connectivity index (χ1n) is 15.0. The highest BCUT2D eigenvalue weighted by atomic mass is 35.5. The molecule has 4 aromatic rings. The van der Waals surface area contributed by atoms with E-state index in [0.29, 0.717) is 23.5 Å². The number of hydrogen-bond acceptors (Lipinski definition) is 10. The van der Waals surface area contributed by atoms with Crippen LogP contribution in [0.4, 0.5) is 0 Å². The summed E-state index contributed by atoms with van der Waals surface area (Å²) in [6, 6.07) is 14.5. The Labute approximate surface area is 280 Å². The van der Waals surface area contributed by atoms with E-state index in [1.165, 1.54) is 20.3 Å². The fourth-order valence-electron chi connectivity index (χ4n) is 6.39. The first kappa shape index (κ1) is 32.4. The summed E-state index contributed by atoms with van der Waals surface area (Å²) in [7, 11) is 2.82. The third-order valence-electron chi connectivity index (χ3n) is 8.82. The van der Waals surface area contributed by atoms with Crippen molar-refractivity contribution in [2.75, 3.05) is 27.0 Å². The number of aromatic nitrogens is 3. The molecular formula is C34H33ClN4O7S. The molecule has 1 spiro atoms. The van der Waals surface area contributed by atoms with E-state index < -0.39 is 29.0 Å². The molecule has 1 amide bonds. The number of rotatable bonds is 10. The number of aliphatic hydroxyl groups is 1. The number of fused-ring (bicyclic) bond motifs is 2. The second-order valence-electron chi connectivity index (χ2n) is 11.4. The Balaban J connectivity index is 1.36. The number of aliphatic hydroxyl groups excluding tert-OH is 1. The van der Waals surface area contributed by atoms with Crippen molar-refractivity contribution in [1.82, 2.24) is 19.9 Å². The van der Waals surface area contributed by atoms with Gasteiger partial charge in [0.2, 0.25) is 17.3 Å². The standard InChI is InChI=1S/C34H33ClN4O7S/c1-18-15-22(40)28(32(42)34(18)33(43)29-23(44-2)17-24(45-3)30(35)31(29)46-34)21(19-8-10-20(47-4)11-9-19)16-27(41)36-13-12-26-38-37-25-7-5-6-14-39(25)26/h5-11,14,17-18,21,42H,12-13,15-16H2,1-4H3,(H,36,41). The van der Waals surface area contributed by atoms with Gasteiger partial charge in [0.1, 0.15) is 27.9 Å². The molecule has 2 aliphatic rings. The molecule has 2 aromatic heterocycles. The normalized spacial score (nSPS) is 19.6.